The Labute approximate surface area is 81.7 Å². The van der Waals surface area contributed by atoms with Gasteiger partial charge in [-0.2, -0.15) is 0 Å². The number of ether oxygens (including phenoxy) is 3. The van der Waals surface area contributed by atoms with E-state index in [9.17, 15) is 0 Å². The third-order valence-corrected chi connectivity index (χ3v) is 1.51. The van der Waals surface area contributed by atoms with Gasteiger partial charge in [0.15, 0.2) is 0 Å². The predicted molar refractivity (Wildman–Crippen MR) is 55.0 cm³/mol. The molecule has 3 heteroatoms. The molecule has 0 aromatic rings. The Morgan fingerprint density at radius 2 is 1.23 bits per heavy atom. The lowest BCUT2D eigenvalue weighted by Crippen LogP contribution is -2.20. The van der Waals surface area contributed by atoms with E-state index >= 15 is 0 Å². The molecule has 0 aromatic carbocycles. The lowest BCUT2D eigenvalue weighted by molar-refractivity contribution is -0.0237. The van der Waals surface area contributed by atoms with Gasteiger partial charge < -0.3 is 14.2 Å². The Morgan fingerprint density at radius 3 is 1.46 bits per heavy atom. The minimum Gasteiger partial charge on any atom is -0.379 e. The van der Waals surface area contributed by atoms with E-state index in [1.165, 1.54) is 0 Å². The van der Waals surface area contributed by atoms with Crippen molar-refractivity contribution in [3.05, 3.63) is 13.2 Å². The van der Waals surface area contributed by atoms with Crippen molar-refractivity contribution in [1.82, 2.24) is 0 Å². The molecular weight excluding hydrogens is 168 g/mol. The highest BCUT2D eigenvalue weighted by atomic mass is 16.5. The largest absolute Gasteiger partial charge is 0.379 e. The summed E-state index contributed by atoms with van der Waals surface area (Å²) in [5.41, 5.74) is 0. The van der Waals surface area contributed by atoms with Crippen LogP contribution in [0.5, 0.6) is 0 Å². The van der Waals surface area contributed by atoms with E-state index in [1.54, 1.807) is 14.2 Å². The summed E-state index contributed by atoms with van der Waals surface area (Å²) in [5, 5.41) is 0. The molecule has 0 aromatic heterocycles. The molecule has 0 saturated carbocycles. The molecule has 0 aliphatic carbocycles. The zero-order chi connectivity index (χ0) is 10.7. The average Bonchev–Trinajstić information content (AvgIpc) is 2.20. The Balaban J connectivity index is 0. The van der Waals surface area contributed by atoms with Crippen LogP contribution >= 0.6 is 0 Å². The molecule has 2 unspecified atom stereocenters. The first-order chi connectivity index (χ1) is 6.20. The minimum absolute atomic E-state index is 0.166. The average molecular weight is 190 g/mol. The maximum Gasteiger partial charge on any atom is 0.0776 e. The van der Waals surface area contributed by atoms with Gasteiger partial charge in [-0.3, -0.25) is 0 Å². The summed E-state index contributed by atoms with van der Waals surface area (Å²) in [6.07, 6.45) is 0.332. The van der Waals surface area contributed by atoms with Crippen LogP contribution in [0.1, 0.15) is 13.8 Å². The summed E-state index contributed by atoms with van der Waals surface area (Å²) in [7, 11) is 3.35. The second-order valence-corrected chi connectivity index (χ2v) is 2.63. The summed E-state index contributed by atoms with van der Waals surface area (Å²) < 4.78 is 15.3. The van der Waals surface area contributed by atoms with Crippen molar-refractivity contribution in [2.75, 3.05) is 27.4 Å². The van der Waals surface area contributed by atoms with E-state index in [4.69, 9.17) is 14.2 Å². The zero-order valence-corrected chi connectivity index (χ0v) is 9.21. The third-order valence-electron chi connectivity index (χ3n) is 1.51. The van der Waals surface area contributed by atoms with Gasteiger partial charge >= 0.3 is 0 Å². The van der Waals surface area contributed by atoms with E-state index in [-0.39, 0.29) is 12.2 Å². The minimum atomic E-state index is 0.166. The lowest BCUT2D eigenvalue weighted by atomic mass is 10.4. The van der Waals surface area contributed by atoms with Crippen LogP contribution in [-0.2, 0) is 14.2 Å². The van der Waals surface area contributed by atoms with Gasteiger partial charge in [-0.1, -0.05) is 0 Å². The first kappa shape index (κ1) is 15.1. The molecule has 0 aliphatic heterocycles. The molecule has 0 rings (SSSR count). The first-order valence-corrected chi connectivity index (χ1v) is 4.34. The van der Waals surface area contributed by atoms with E-state index in [0.29, 0.717) is 13.2 Å². The van der Waals surface area contributed by atoms with Crippen LogP contribution in [0.25, 0.3) is 0 Å². The molecule has 0 saturated heterocycles. The van der Waals surface area contributed by atoms with Crippen molar-refractivity contribution < 1.29 is 14.2 Å². The van der Waals surface area contributed by atoms with Crippen LogP contribution in [0.15, 0.2) is 13.2 Å². The molecular formula is C10H22O3. The molecule has 0 radical (unpaired) electrons. The highest BCUT2D eigenvalue weighted by molar-refractivity contribution is 4.48. The van der Waals surface area contributed by atoms with E-state index in [0.717, 1.165) is 0 Å². The van der Waals surface area contributed by atoms with Crippen molar-refractivity contribution >= 4 is 0 Å². The molecule has 0 amide bonds. The zero-order valence-electron chi connectivity index (χ0n) is 9.21. The van der Waals surface area contributed by atoms with Crippen molar-refractivity contribution in [3.8, 4) is 0 Å². The standard InChI is InChI=1S/C8H18O3.C2H4/c1-7(9-3)5-11-6-8(2)10-4;1-2/h7-8H,5-6H2,1-4H3;1-2H2. The van der Waals surface area contributed by atoms with E-state index in [2.05, 4.69) is 13.2 Å². The molecule has 0 fully saturated rings. The normalized spacial score (nSPS) is 14.2. The monoisotopic (exact) mass is 190 g/mol. The molecule has 2 atom stereocenters. The van der Waals surface area contributed by atoms with Crippen LogP contribution in [0, 0.1) is 0 Å². The van der Waals surface area contributed by atoms with Gasteiger partial charge in [0.05, 0.1) is 25.4 Å². The van der Waals surface area contributed by atoms with Gasteiger partial charge in [-0.05, 0) is 13.8 Å². The Hall–Kier alpha value is -0.380. The fourth-order valence-corrected chi connectivity index (χ4v) is 0.536. The van der Waals surface area contributed by atoms with Gasteiger partial charge in [0, 0.05) is 14.2 Å². The number of hydrogen-bond acceptors (Lipinski definition) is 3. The number of methoxy groups -OCH3 is 2. The number of hydrogen-bond donors (Lipinski definition) is 0. The van der Waals surface area contributed by atoms with E-state index < -0.39 is 0 Å². The molecule has 0 spiro atoms. The third kappa shape index (κ3) is 11.6. The van der Waals surface area contributed by atoms with Gasteiger partial charge in [0.25, 0.3) is 0 Å². The van der Waals surface area contributed by atoms with Crippen molar-refractivity contribution in [2.45, 2.75) is 26.1 Å². The van der Waals surface area contributed by atoms with Gasteiger partial charge in [0.2, 0.25) is 0 Å². The first-order valence-electron chi connectivity index (χ1n) is 4.34. The quantitative estimate of drug-likeness (QED) is 0.598. The molecule has 3 nitrogen and oxygen atoms in total. The lowest BCUT2D eigenvalue weighted by Gasteiger charge is -2.13. The topological polar surface area (TPSA) is 27.7 Å². The van der Waals surface area contributed by atoms with Gasteiger partial charge in [0.1, 0.15) is 0 Å². The summed E-state index contributed by atoms with van der Waals surface area (Å²) in [6.45, 7) is 11.2. The number of rotatable bonds is 6. The maximum atomic E-state index is 5.29. The second-order valence-electron chi connectivity index (χ2n) is 2.63. The maximum absolute atomic E-state index is 5.29. The second kappa shape index (κ2) is 11.6. The Bertz CT molecular complexity index is 86.2. The molecule has 0 heterocycles. The molecule has 80 valence electrons. The summed E-state index contributed by atoms with van der Waals surface area (Å²) in [5.74, 6) is 0. The molecule has 0 N–H and O–H groups in total. The van der Waals surface area contributed by atoms with Crippen molar-refractivity contribution in [3.63, 3.8) is 0 Å². The highest BCUT2D eigenvalue weighted by Gasteiger charge is 2.02. The van der Waals surface area contributed by atoms with Crippen LogP contribution < -0.4 is 0 Å². The summed E-state index contributed by atoms with van der Waals surface area (Å²) in [4.78, 5) is 0. The summed E-state index contributed by atoms with van der Waals surface area (Å²) >= 11 is 0. The van der Waals surface area contributed by atoms with Crippen LogP contribution in [-0.4, -0.2) is 39.6 Å². The van der Waals surface area contributed by atoms with Crippen molar-refractivity contribution in [1.29, 1.82) is 0 Å². The Kier molecular flexibility index (Phi) is 13.5. The highest BCUT2D eigenvalue weighted by Crippen LogP contribution is 1.92. The fraction of sp³-hybridized carbons (Fsp3) is 0.800. The van der Waals surface area contributed by atoms with Gasteiger partial charge in [-0.15, -0.1) is 13.2 Å². The van der Waals surface area contributed by atoms with Crippen LogP contribution in [0.3, 0.4) is 0 Å². The predicted octanol–water partition coefficient (Wildman–Crippen LogP) is 1.87. The molecule has 0 bridgehead atoms. The molecule has 13 heavy (non-hydrogen) atoms. The molecule has 0 aliphatic rings. The van der Waals surface area contributed by atoms with Crippen molar-refractivity contribution in [2.24, 2.45) is 0 Å². The van der Waals surface area contributed by atoms with Crippen LogP contribution in [0.4, 0.5) is 0 Å². The summed E-state index contributed by atoms with van der Waals surface area (Å²) in [6, 6.07) is 0. The van der Waals surface area contributed by atoms with Crippen LogP contribution in [0.2, 0.25) is 0 Å². The SMILES string of the molecule is C=C.COC(C)COCC(C)OC. The fourth-order valence-electron chi connectivity index (χ4n) is 0.536. The Morgan fingerprint density at radius 1 is 0.923 bits per heavy atom. The smallest absolute Gasteiger partial charge is 0.0776 e. The van der Waals surface area contributed by atoms with Gasteiger partial charge in [-0.25, -0.2) is 0 Å². The van der Waals surface area contributed by atoms with E-state index in [1.807, 2.05) is 13.8 Å².